The lowest BCUT2D eigenvalue weighted by atomic mass is 10.0. The van der Waals surface area contributed by atoms with Gasteiger partial charge in [0.15, 0.2) is 17.4 Å². The largest absolute Gasteiger partial charge is 0.487 e. The minimum absolute atomic E-state index is 0.137. The van der Waals surface area contributed by atoms with Gasteiger partial charge in [0.1, 0.15) is 11.0 Å². The highest BCUT2D eigenvalue weighted by molar-refractivity contribution is 7.92. The lowest BCUT2D eigenvalue weighted by molar-refractivity contribution is -0.128. The van der Waals surface area contributed by atoms with Crippen LogP contribution >= 0.6 is 11.3 Å². The highest BCUT2D eigenvalue weighted by atomic mass is 32.2. The Bertz CT molecular complexity index is 1250. The summed E-state index contributed by atoms with van der Waals surface area (Å²) in [4.78, 5) is 20.3. The van der Waals surface area contributed by atoms with Crippen molar-refractivity contribution < 1.29 is 31.6 Å². The van der Waals surface area contributed by atoms with Crippen LogP contribution < -0.4 is 9.21 Å². The van der Waals surface area contributed by atoms with Crippen molar-refractivity contribution in [1.82, 2.24) is 9.88 Å². The number of likely N-dealkylation sites (tertiary alicyclic amines) is 1. The van der Waals surface area contributed by atoms with Crippen LogP contribution in [0.3, 0.4) is 0 Å². The van der Waals surface area contributed by atoms with Gasteiger partial charge >= 0.3 is 6.47 Å². The van der Waals surface area contributed by atoms with Crippen molar-refractivity contribution in [2.24, 2.45) is 0 Å². The molecule has 4 rings (SSSR count). The summed E-state index contributed by atoms with van der Waals surface area (Å²) in [7, 11) is -4.79. The molecule has 0 bridgehead atoms. The smallest absolute Gasteiger partial charge is 0.322 e. The molecule has 0 spiro atoms. The molecule has 12 heteroatoms. The summed E-state index contributed by atoms with van der Waals surface area (Å²) in [5, 5.41) is 1.28. The lowest BCUT2D eigenvalue weighted by Gasteiger charge is -2.36. The zero-order chi connectivity index (χ0) is 25.0. The fourth-order valence-corrected chi connectivity index (χ4v) is 5.77. The molecule has 1 aliphatic heterocycles. The average molecular weight is 524 g/mol. The first kappa shape index (κ1) is 25.0. The summed E-state index contributed by atoms with van der Waals surface area (Å²) in [6, 6.07) is 12.2. The van der Waals surface area contributed by atoms with E-state index in [9.17, 15) is 22.0 Å². The van der Waals surface area contributed by atoms with Crippen LogP contribution in [0.5, 0.6) is 5.75 Å². The number of hydrogen-bond acceptors (Lipinski definition) is 8. The zero-order valence-electron chi connectivity index (χ0n) is 18.7. The van der Waals surface area contributed by atoms with Gasteiger partial charge in [-0.15, -0.1) is 11.3 Å². The summed E-state index contributed by atoms with van der Waals surface area (Å²) in [5.74, 6) is -3.71. The predicted octanol–water partition coefficient (Wildman–Crippen LogP) is 4.31. The molecule has 1 atom stereocenters. The van der Waals surface area contributed by atoms with E-state index in [4.69, 9.17) is 4.74 Å². The first-order chi connectivity index (χ1) is 16.8. The van der Waals surface area contributed by atoms with Gasteiger partial charge in [-0.1, -0.05) is 34.8 Å². The number of piperidine rings is 1. The Morgan fingerprint density at radius 1 is 1.14 bits per heavy atom. The Balaban J connectivity index is 1.46. The molecule has 0 aliphatic carbocycles. The van der Waals surface area contributed by atoms with Crippen molar-refractivity contribution in [2.45, 2.75) is 36.8 Å². The SMILES string of the molecule is C[C@H](c1ccccc1)N1CCC(Oc2ccc(S(=O)(=O)N(OC=O)c3cscn3)c(F)c2F)CC1. The Labute approximate surface area is 205 Å². The number of sulfonamides is 1. The van der Waals surface area contributed by atoms with Crippen LogP contribution in [-0.2, 0) is 19.7 Å². The van der Waals surface area contributed by atoms with Crippen LogP contribution in [0.1, 0.15) is 31.4 Å². The summed E-state index contributed by atoms with van der Waals surface area (Å²) in [6.45, 7) is 3.40. The van der Waals surface area contributed by atoms with Gasteiger partial charge in [-0.2, -0.15) is 12.8 Å². The van der Waals surface area contributed by atoms with Crippen LogP contribution in [0.4, 0.5) is 14.6 Å². The fraction of sp³-hybridized carbons (Fsp3) is 0.304. The van der Waals surface area contributed by atoms with Gasteiger partial charge in [0.25, 0.3) is 10.0 Å². The number of rotatable bonds is 9. The van der Waals surface area contributed by atoms with Gasteiger partial charge in [0.2, 0.25) is 5.82 Å². The molecular formula is C23H23F2N3O5S2. The highest BCUT2D eigenvalue weighted by Gasteiger charge is 2.34. The van der Waals surface area contributed by atoms with E-state index in [-0.39, 0.29) is 34.7 Å². The van der Waals surface area contributed by atoms with Gasteiger partial charge in [-0.3, -0.25) is 9.69 Å². The molecule has 1 saturated heterocycles. The molecule has 0 N–H and O–H groups in total. The second-order valence-corrected chi connectivity index (χ2v) is 10.4. The van der Waals surface area contributed by atoms with Crippen LogP contribution in [-0.4, -0.2) is 44.0 Å². The van der Waals surface area contributed by atoms with Crippen LogP contribution in [0.2, 0.25) is 0 Å². The van der Waals surface area contributed by atoms with E-state index in [2.05, 4.69) is 33.8 Å². The summed E-state index contributed by atoms with van der Waals surface area (Å²) >= 11 is 1.03. The molecule has 1 aromatic heterocycles. The number of hydrogen-bond donors (Lipinski definition) is 0. The topological polar surface area (TPSA) is 89.0 Å². The lowest BCUT2D eigenvalue weighted by Crippen LogP contribution is -2.39. The number of benzene rings is 2. The molecule has 186 valence electrons. The average Bonchev–Trinajstić information content (AvgIpc) is 3.40. The van der Waals surface area contributed by atoms with E-state index in [1.165, 1.54) is 16.5 Å². The molecule has 2 aromatic carbocycles. The molecule has 1 aliphatic rings. The molecule has 1 fully saturated rings. The van der Waals surface area contributed by atoms with E-state index >= 15 is 0 Å². The van der Waals surface area contributed by atoms with E-state index in [0.717, 1.165) is 23.5 Å². The maximum absolute atomic E-state index is 14.9. The van der Waals surface area contributed by atoms with E-state index in [0.29, 0.717) is 25.9 Å². The number of anilines is 1. The molecule has 0 amide bonds. The Morgan fingerprint density at radius 2 is 1.86 bits per heavy atom. The van der Waals surface area contributed by atoms with E-state index in [1.54, 1.807) is 0 Å². The number of thiazole rings is 1. The fourth-order valence-electron chi connectivity index (χ4n) is 3.97. The van der Waals surface area contributed by atoms with Crippen molar-refractivity contribution in [3.05, 3.63) is 70.6 Å². The van der Waals surface area contributed by atoms with Crippen molar-refractivity contribution in [1.29, 1.82) is 0 Å². The second-order valence-electron chi connectivity index (χ2n) is 7.91. The first-order valence-electron chi connectivity index (χ1n) is 10.8. The van der Waals surface area contributed by atoms with Crippen LogP contribution in [0, 0.1) is 11.6 Å². The number of carbonyl (C=O) groups is 1. The third-order valence-corrected chi connectivity index (χ3v) is 8.01. The number of nitrogens with zero attached hydrogens (tertiary/aromatic N) is 3. The molecule has 8 nitrogen and oxygen atoms in total. The monoisotopic (exact) mass is 523 g/mol. The summed E-state index contributed by atoms with van der Waals surface area (Å²) in [6.07, 6.45) is 0.849. The van der Waals surface area contributed by atoms with Crippen molar-refractivity contribution in [2.75, 3.05) is 17.6 Å². The minimum atomic E-state index is -4.79. The van der Waals surface area contributed by atoms with Crippen LogP contribution in [0.15, 0.2) is 58.3 Å². The maximum Gasteiger partial charge on any atom is 0.322 e. The van der Waals surface area contributed by atoms with Gasteiger partial charge < -0.3 is 9.57 Å². The van der Waals surface area contributed by atoms with E-state index < -0.39 is 26.6 Å². The predicted molar refractivity (Wildman–Crippen MR) is 125 cm³/mol. The minimum Gasteiger partial charge on any atom is -0.487 e. The summed E-state index contributed by atoms with van der Waals surface area (Å²) < 4.78 is 61.3. The van der Waals surface area contributed by atoms with E-state index in [1.807, 2.05) is 18.2 Å². The quantitative estimate of drug-likeness (QED) is 0.305. The van der Waals surface area contributed by atoms with Gasteiger partial charge in [0, 0.05) is 24.5 Å². The number of ether oxygens (including phenoxy) is 1. The number of halogens is 2. The third kappa shape index (κ3) is 5.29. The van der Waals surface area contributed by atoms with Crippen LogP contribution in [0.25, 0.3) is 0 Å². The molecule has 0 unspecified atom stereocenters. The molecule has 3 aromatic rings. The molecule has 2 heterocycles. The van der Waals surface area contributed by atoms with Crippen molar-refractivity contribution in [3.63, 3.8) is 0 Å². The second kappa shape index (κ2) is 10.7. The Hall–Kier alpha value is -3.09. The molecular weight excluding hydrogens is 500 g/mol. The zero-order valence-corrected chi connectivity index (χ0v) is 20.3. The normalized spacial score (nSPS) is 16.0. The summed E-state index contributed by atoms with van der Waals surface area (Å²) in [5.41, 5.74) is 2.49. The van der Waals surface area contributed by atoms with Crippen molar-refractivity contribution >= 4 is 33.7 Å². The van der Waals surface area contributed by atoms with Gasteiger partial charge in [0.05, 0.1) is 5.51 Å². The Morgan fingerprint density at radius 3 is 2.49 bits per heavy atom. The maximum atomic E-state index is 14.9. The first-order valence-corrected chi connectivity index (χ1v) is 13.2. The number of aromatic nitrogens is 1. The van der Waals surface area contributed by atoms with Gasteiger partial charge in [-0.05, 0) is 37.5 Å². The Kier molecular flexibility index (Phi) is 7.63. The van der Waals surface area contributed by atoms with Crippen molar-refractivity contribution in [3.8, 4) is 5.75 Å². The van der Waals surface area contributed by atoms with Gasteiger partial charge in [-0.25, -0.2) is 9.37 Å². The molecule has 0 saturated carbocycles. The molecule has 0 radical (unpaired) electrons. The third-order valence-electron chi connectivity index (χ3n) is 5.85. The molecule has 35 heavy (non-hydrogen) atoms. The number of carbonyl (C=O) groups excluding carboxylic acids is 1. The highest BCUT2D eigenvalue weighted by Crippen LogP contribution is 2.32. The standard InChI is InChI=1S/C23H23F2N3O5S2/c1-16(17-5-3-2-4-6-17)27-11-9-18(10-12-27)33-19-7-8-20(23(25)22(19)24)35(30,31)28(32-15-29)21-13-34-14-26-21/h2-8,13-16,18H,9-12H2,1H3/t16-/m1/s1.